The van der Waals surface area contributed by atoms with E-state index in [1.807, 2.05) is 19.2 Å². The summed E-state index contributed by atoms with van der Waals surface area (Å²) in [5.41, 5.74) is 3.49. The maximum absolute atomic E-state index is 9.59. The van der Waals surface area contributed by atoms with Crippen molar-refractivity contribution in [3.8, 4) is 5.75 Å². The number of hydrogen-bond donors (Lipinski definition) is 1. The average Bonchev–Trinajstić information content (AvgIpc) is 3.07. The van der Waals surface area contributed by atoms with Crippen LogP contribution < -0.4 is 0 Å². The lowest BCUT2D eigenvalue weighted by atomic mass is 9.98. The van der Waals surface area contributed by atoms with Crippen LogP contribution in [0.4, 0.5) is 0 Å². The number of likely N-dealkylation sites (tertiary alicyclic amines) is 1. The molecule has 0 spiro atoms. The van der Waals surface area contributed by atoms with Crippen LogP contribution in [0.15, 0.2) is 24.3 Å². The Bertz CT molecular complexity index is 683. The number of phenols is 1. The fraction of sp³-hybridized carbons (Fsp3) is 0.500. The number of hydrogen-bond acceptors (Lipinski definition) is 3. The highest BCUT2D eigenvalue weighted by atomic mass is 35.5. The Kier molecular flexibility index (Phi) is 4.93. The van der Waals surface area contributed by atoms with Crippen LogP contribution in [0.25, 0.3) is 0 Å². The van der Waals surface area contributed by atoms with E-state index < -0.39 is 0 Å². The molecule has 1 aliphatic heterocycles. The third-order valence-electron chi connectivity index (χ3n) is 4.67. The van der Waals surface area contributed by atoms with Crippen molar-refractivity contribution in [1.82, 2.24) is 14.7 Å². The molecular formula is C18H24ClN3O. The predicted molar refractivity (Wildman–Crippen MR) is 92.8 cm³/mol. The average molecular weight is 334 g/mol. The zero-order valence-electron chi connectivity index (χ0n) is 13.8. The molecule has 23 heavy (non-hydrogen) atoms. The quantitative estimate of drug-likeness (QED) is 0.911. The normalized spacial score (nSPS) is 18.7. The third kappa shape index (κ3) is 3.70. The lowest BCUT2D eigenvalue weighted by Gasteiger charge is -2.16. The van der Waals surface area contributed by atoms with Gasteiger partial charge in [-0.15, -0.1) is 0 Å². The van der Waals surface area contributed by atoms with E-state index in [9.17, 15) is 5.11 Å². The van der Waals surface area contributed by atoms with E-state index in [2.05, 4.69) is 23.0 Å². The van der Waals surface area contributed by atoms with E-state index >= 15 is 0 Å². The maximum Gasteiger partial charge on any atom is 0.131 e. The summed E-state index contributed by atoms with van der Waals surface area (Å²) in [5.74, 6) is 0.990. The van der Waals surface area contributed by atoms with Crippen molar-refractivity contribution in [1.29, 1.82) is 0 Å². The lowest BCUT2D eigenvalue weighted by Crippen LogP contribution is -2.21. The van der Waals surface area contributed by atoms with Crippen LogP contribution in [-0.2, 0) is 26.4 Å². The van der Waals surface area contributed by atoms with Gasteiger partial charge in [0, 0.05) is 25.7 Å². The molecule has 0 bridgehead atoms. The van der Waals surface area contributed by atoms with Gasteiger partial charge in [-0.1, -0.05) is 30.7 Å². The van der Waals surface area contributed by atoms with Crippen LogP contribution in [-0.4, -0.2) is 32.9 Å². The molecule has 1 atom stereocenters. The molecule has 4 nitrogen and oxygen atoms in total. The second-order valence-corrected chi connectivity index (χ2v) is 6.82. The molecule has 0 amide bonds. The number of aromatic hydroxyl groups is 1. The van der Waals surface area contributed by atoms with E-state index in [1.165, 1.54) is 17.5 Å². The van der Waals surface area contributed by atoms with Crippen molar-refractivity contribution in [2.75, 3.05) is 13.1 Å². The van der Waals surface area contributed by atoms with E-state index in [0.29, 0.717) is 11.7 Å². The first kappa shape index (κ1) is 16.3. The molecule has 1 aromatic carbocycles. The van der Waals surface area contributed by atoms with Crippen LogP contribution in [0.5, 0.6) is 5.75 Å². The Morgan fingerprint density at radius 2 is 2.22 bits per heavy atom. The van der Waals surface area contributed by atoms with Crippen molar-refractivity contribution in [3.63, 3.8) is 0 Å². The number of rotatable bonds is 5. The summed E-state index contributed by atoms with van der Waals surface area (Å²) in [6.45, 7) is 5.17. The highest BCUT2D eigenvalue weighted by Gasteiger charge is 2.25. The van der Waals surface area contributed by atoms with Gasteiger partial charge in [-0.2, -0.15) is 5.10 Å². The van der Waals surface area contributed by atoms with Crippen LogP contribution in [0, 0.1) is 5.92 Å². The van der Waals surface area contributed by atoms with Crippen molar-refractivity contribution in [2.24, 2.45) is 13.0 Å². The van der Waals surface area contributed by atoms with Crippen molar-refractivity contribution in [2.45, 2.75) is 32.7 Å². The minimum absolute atomic E-state index is 0.354. The van der Waals surface area contributed by atoms with Gasteiger partial charge in [-0.05, 0) is 49.4 Å². The Morgan fingerprint density at radius 3 is 2.96 bits per heavy atom. The summed E-state index contributed by atoms with van der Waals surface area (Å²) in [4.78, 5) is 2.47. The fourth-order valence-corrected chi connectivity index (χ4v) is 3.71. The van der Waals surface area contributed by atoms with Crippen molar-refractivity contribution in [3.05, 3.63) is 46.2 Å². The van der Waals surface area contributed by atoms with Crippen LogP contribution in [0.1, 0.15) is 30.2 Å². The molecule has 5 heteroatoms. The second-order valence-electron chi connectivity index (χ2n) is 6.46. The highest BCUT2D eigenvalue weighted by molar-refractivity contribution is 6.30. The molecule has 2 aromatic rings. The molecule has 0 radical (unpaired) electrons. The van der Waals surface area contributed by atoms with E-state index in [-0.39, 0.29) is 0 Å². The fourth-order valence-electron chi connectivity index (χ4n) is 3.50. The molecule has 0 aliphatic carbocycles. The number of benzene rings is 1. The Morgan fingerprint density at radius 1 is 1.39 bits per heavy atom. The molecular weight excluding hydrogens is 310 g/mol. The maximum atomic E-state index is 9.59. The summed E-state index contributed by atoms with van der Waals surface area (Å²) in [5, 5.41) is 14.8. The minimum Gasteiger partial charge on any atom is -0.508 e. The van der Waals surface area contributed by atoms with E-state index in [1.54, 1.807) is 10.7 Å². The van der Waals surface area contributed by atoms with Crippen LogP contribution in [0.3, 0.4) is 0 Å². The molecule has 124 valence electrons. The molecule has 2 heterocycles. The topological polar surface area (TPSA) is 41.3 Å². The summed E-state index contributed by atoms with van der Waals surface area (Å²) in [7, 11) is 1.90. The molecule has 1 N–H and O–H groups in total. The first-order chi connectivity index (χ1) is 11.1. The predicted octanol–water partition coefficient (Wildman–Crippen LogP) is 3.41. The number of phenolic OH excluding ortho intramolecular Hbond substituents is 1. The summed E-state index contributed by atoms with van der Waals surface area (Å²) >= 11 is 6.40. The number of aryl methyl sites for hydroxylation is 2. The van der Waals surface area contributed by atoms with Gasteiger partial charge in [0.25, 0.3) is 0 Å². The number of nitrogens with zero attached hydrogens (tertiary/aromatic N) is 3. The first-order valence-electron chi connectivity index (χ1n) is 8.27. The minimum atomic E-state index is 0.354. The largest absolute Gasteiger partial charge is 0.508 e. The molecule has 1 fully saturated rings. The zero-order chi connectivity index (χ0) is 16.4. The van der Waals surface area contributed by atoms with E-state index in [4.69, 9.17) is 11.6 Å². The Balaban J connectivity index is 1.62. The van der Waals surface area contributed by atoms with Gasteiger partial charge < -0.3 is 5.11 Å². The molecule has 1 aromatic heterocycles. The molecule has 1 saturated heterocycles. The number of aromatic nitrogens is 2. The van der Waals surface area contributed by atoms with Crippen LogP contribution >= 0.6 is 11.6 Å². The van der Waals surface area contributed by atoms with Gasteiger partial charge in [-0.25, -0.2) is 0 Å². The second kappa shape index (κ2) is 6.93. The summed E-state index contributed by atoms with van der Waals surface area (Å²) < 4.78 is 1.77. The molecule has 3 rings (SSSR count). The van der Waals surface area contributed by atoms with Gasteiger partial charge in [0.1, 0.15) is 10.9 Å². The van der Waals surface area contributed by atoms with Crippen molar-refractivity contribution < 1.29 is 5.11 Å². The standard InChI is InChI=1S/C18H24ClN3O/c1-3-17-16(18(19)21(2)20-17)12-22-8-7-14(11-22)9-13-5-4-6-15(23)10-13/h4-6,10,14,23H,3,7-9,11-12H2,1-2H3. The molecule has 0 saturated carbocycles. The summed E-state index contributed by atoms with van der Waals surface area (Å²) in [6.07, 6.45) is 3.12. The highest BCUT2D eigenvalue weighted by Crippen LogP contribution is 2.27. The molecule has 1 unspecified atom stereocenters. The van der Waals surface area contributed by atoms with Gasteiger partial charge in [0.2, 0.25) is 0 Å². The SMILES string of the molecule is CCc1nn(C)c(Cl)c1CN1CCC(Cc2cccc(O)c2)C1. The monoisotopic (exact) mass is 333 g/mol. The van der Waals surface area contributed by atoms with Crippen molar-refractivity contribution >= 4 is 11.6 Å². The smallest absolute Gasteiger partial charge is 0.131 e. The van der Waals surface area contributed by atoms with Gasteiger partial charge in [0.15, 0.2) is 0 Å². The lowest BCUT2D eigenvalue weighted by molar-refractivity contribution is 0.315. The zero-order valence-corrected chi connectivity index (χ0v) is 14.6. The first-order valence-corrected chi connectivity index (χ1v) is 8.65. The van der Waals surface area contributed by atoms with Gasteiger partial charge in [0.05, 0.1) is 5.69 Å². The Hall–Kier alpha value is -1.52. The Labute approximate surface area is 142 Å². The third-order valence-corrected chi connectivity index (χ3v) is 5.15. The van der Waals surface area contributed by atoms with Crippen LogP contribution in [0.2, 0.25) is 5.15 Å². The summed E-state index contributed by atoms with van der Waals surface area (Å²) in [6, 6.07) is 7.60. The van der Waals surface area contributed by atoms with E-state index in [0.717, 1.165) is 43.3 Å². The number of halogens is 1. The van der Waals surface area contributed by atoms with Gasteiger partial charge in [-0.3, -0.25) is 9.58 Å². The van der Waals surface area contributed by atoms with Gasteiger partial charge >= 0.3 is 0 Å². The molecule has 1 aliphatic rings.